The Kier molecular flexibility index (Phi) is 5.24. The summed E-state index contributed by atoms with van der Waals surface area (Å²) >= 11 is 7.38. The van der Waals surface area contributed by atoms with E-state index in [2.05, 4.69) is 36.5 Å². The van der Waals surface area contributed by atoms with Gasteiger partial charge in [0.05, 0.1) is 10.6 Å². The number of hydrogen-bond acceptors (Lipinski definition) is 3. The first-order chi connectivity index (χ1) is 13.6. The number of nitrogens with one attached hydrogen (secondary N) is 1. The van der Waals surface area contributed by atoms with Crippen LogP contribution in [0.3, 0.4) is 0 Å². The molecule has 0 aliphatic rings. The minimum absolute atomic E-state index is 0.208. The molecule has 3 aromatic carbocycles. The Balaban J connectivity index is 1.71. The third-order valence-electron chi connectivity index (χ3n) is 4.32. The largest absolute Gasteiger partial charge is 0.298 e. The molecule has 0 fully saturated rings. The number of carbonyl (C=O) groups excluding carboxylic acids is 1. The molecule has 1 heterocycles. The van der Waals surface area contributed by atoms with E-state index >= 15 is 0 Å². The average Bonchev–Trinajstić information content (AvgIpc) is 3.13. The Bertz CT molecular complexity index is 1100. The number of benzene rings is 3. The molecule has 0 spiro atoms. The monoisotopic (exact) mass is 404 g/mol. The zero-order valence-corrected chi connectivity index (χ0v) is 16.7. The molecule has 0 saturated heterocycles. The van der Waals surface area contributed by atoms with Gasteiger partial charge in [-0.3, -0.25) is 10.1 Å². The third kappa shape index (κ3) is 3.98. The van der Waals surface area contributed by atoms with E-state index in [0.29, 0.717) is 15.7 Å². The SMILES string of the molecule is Cc1ccc(-c2sc(NC(=O)c3ccc(Cl)cc3)nc2-c2ccccc2)cc1. The van der Waals surface area contributed by atoms with Crippen molar-refractivity contribution < 1.29 is 4.79 Å². The molecule has 0 aliphatic heterocycles. The number of aromatic nitrogens is 1. The van der Waals surface area contributed by atoms with Gasteiger partial charge in [-0.05, 0) is 36.8 Å². The minimum Gasteiger partial charge on any atom is -0.298 e. The van der Waals surface area contributed by atoms with E-state index in [4.69, 9.17) is 16.6 Å². The molecule has 4 aromatic rings. The van der Waals surface area contributed by atoms with Crippen LogP contribution in [0.5, 0.6) is 0 Å². The second-order valence-corrected chi connectivity index (χ2v) is 7.83. The van der Waals surface area contributed by atoms with Crippen LogP contribution in [0.2, 0.25) is 5.02 Å². The van der Waals surface area contributed by atoms with E-state index in [1.54, 1.807) is 24.3 Å². The molecular weight excluding hydrogens is 388 g/mol. The molecule has 0 aliphatic carbocycles. The van der Waals surface area contributed by atoms with E-state index in [1.807, 2.05) is 30.3 Å². The molecule has 3 nitrogen and oxygen atoms in total. The highest BCUT2D eigenvalue weighted by atomic mass is 35.5. The molecule has 1 N–H and O–H groups in total. The Morgan fingerprint density at radius 1 is 0.893 bits per heavy atom. The van der Waals surface area contributed by atoms with Gasteiger partial charge in [0.15, 0.2) is 5.13 Å². The number of anilines is 1. The van der Waals surface area contributed by atoms with Gasteiger partial charge < -0.3 is 0 Å². The molecule has 0 bridgehead atoms. The Hall–Kier alpha value is -2.95. The van der Waals surface area contributed by atoms with Gasteiger partial charge in [-0.25, -0.2) is 4.98 Å². The van der Waals surface area contributed by atoms with E-state index in [-0.39, 0.29) is 5.91 Å². The molecule has 0 unspecified atom stereocenters. The summed E-state index contributed by atoms with van der Waals surface area (Å²) in [6, 6.07) is 25.1. The highest BCUT2D eigenvalue weighted by molar-refractivity contribution is 7.19. The zero-order chi connectivity index (χ0) is 19.5. The molecule has 5 heteroatoms. The summed E-state index contributed by atoms with van der Waals surface area (Å²) in [5, 5.41) is 4.08. The number of hydrogen-bond donors (Lipinski definition) is 1. The van der Waals surface area contributed by atoms with Crippen LogP contribution in [0.15, 0.2) is 78.9 Å². The number of halogens is 1. The second kappa shape index (κ2) is 7.97. The van der Waals surface area contributed by atoms with Crippen molar-refractivity contribution in [2.24, 2.45) is 0 Å². The summed E-state index contributed by atoms with van der Waals surface area (Å²) < 4.78 is 0. The van der Waals surface area contributed by atoms with Crippen LogP contribution in [0.25, 0.3) is 21.7 Å². The van der Waals surface area contributed by atoms with Gasteiger partial charge >= 0.3 is 0 Å². The quantitative estimate of drug-likeness (QED) is 0.411. The minimum atomic E-state index is -0.208. The summed E-state index contributed by atoms with van der Waals surface area (Å²) in [6.45, 7) is 2.06. The second-order valence-electron chi connectivity index (χ2n) is 6.39. The highest BCUT2D eigenvalue weighted by Gasteiger charge is 2.17. The van der Waals surface area contributed by atoms with Gasteiger partial charge in [0, 0.05) is 16.1 Å². The fourth-order valence-electron chi connectivity index (χ4n) is 2.84. The van der Waals surface area contributed by atoms with Crippen molar-refractivity contribution in [2.45, 2.75) is 6.92 Å². The van der Waals surface area contributed by atoms with Crippen molar-refractivity contribution in [1.29, 1.82) is 0 Å². The lowest BCUT2D eigenvalue weighted by atomic mass is 10.1. The lowest BCUT2D eigenvalue weighted by molar-refractivity contribution is 0.102. The van der Waals surface area contributed by atoms with Crippen LogP contribution in [-0.4, -0.2) is 10.9 Å². The number of nitrogens with zero attached hydrogens (tertiary/aromatic N) is 1. The summed E-state index contributed by atoms with van der Waals surface area (Å²) in [6.07, 6.45) is 0. The molecular formula is C23H17ClN2OS. The molecule has 1 amide bonds. The number of carbonyl (C=O) groups is 1. The van der Waals surface area contributed by atoms with Crippen LogP contribution in [0.1, 0.15) is 15.9 Å². The summed E-state index contributed by atoms with van der Waals surface area (Å²) in [5.74, 6) is -0.208. The van der Waals surface area contributed by atoms with Gasteiger partial charge in [-0.2, -0.15) is 0 Å². The number of thiazole rings is 1. The molecule has 4 rings (SSSR count). The predicted molar refractivity (Wildman–Crippen MR) is 117 cm³/mol. The average molecular weight is 405 g/mol. The maximum absolute atomic E-state index is 12.6. The predicted octanol–water partition coefficient (Wildman–Crippen LogP) is 6.69. The zero-order valence-electron chi connectivity index (χ0n) is 15.1. The molecule has 138 valence electrons. The maximum atomic E-state index is 12.6. The lowest BCUT2D eigenvalue weighted by Gasteiger charge is -2.03. The van der Waals surface area contributed by atoms with E-state index in [1.165, 1.54) is 16.9 Å². The summed E-state index contributed by atoms with van der Waals surface area (Å²) in [7, 11) is 0. The van der Waals surface area contributed by atoms with Crippen LogP contribution in [0.4, 0.5) is 5.13 Å². The van der Waals surface area contributed by atoms with Crippen LogP contribution >= 0.6 is 22.9 Å². The molecule has 28 heavy (non-hydrogen) atoms. The first kappa shape index (κ1) is 18.4. The van der Waals surface area contributed by atoms with Crippen molar-refractivity contribution in [2.75, 3.05) is 5.32 Å². The number of rotatable bonds is 4. The molecule has 0 radical (unpaired) electrons. The van der Waals surface area contributed by atoms with Gasteiger partial charge in [-0.15, -0.1) is 0 Å². The summed E-state index contributed by atoms with van der Waals surface area (Å²) in [4.78, 5) is 18.3. The maximum Gasteiger partial charge on any atom is 0.257 e. The topological polar surface area (TPSA) is 42.0 Å². The Labute approximate surface area is 172 Å². The molecule has 1 aromatic heterocycles. The first-order valence-electron chi connectivity index (χ1n) is 8.80. The molecule has 0 saturated carbocycles. The fraction of sp³-hybridized carbons (Fsp3) is 0.0435. The molecule has 0 atom stereocenters. The third-order valence-corrected chi connectivity index (χ3v) is 5.59. The number of amides is 1. The van der Waals surface area contributed by atoms with Crippen molar-refractivity contribution in [3.8, 4) is 21.7 Å². The number of aryl methyl sites for hydroxylation is 1. The van der Waals surface area contributed by atoms with Gasteiger partial charge in [0.25, 0.3) is 5.91 Å². The Morgan fingerprint density at radius 2 is 1.57 bits per heavy atom. The van der Waals surface area contributed by atoms with E-state index < -0.39 is 0 Å². The van der Waals surface area contributed by atoms with Crippen molar-refractivity contribution in [3.05, 3.63) is 95.0 Å². The van der Waals surface area contributed by atoms with Crippen LogP contribution in [0, 0.1) is 6.92 Å². The van der Waals surface area contributed by atoms with Gasteiger partial charge in [-0.1, -0.05) is 83.1 Å². The summed E-state index contributed by atoms with van der Waals surface area (Å²) in [5.41, 5.74) is 4.69. The van der Waals surface area contributed by atoms with E-state index in [0.717, 1.165) is 21.7 Å². The first-order valence-corrected chi connectivity index (χ1v) is 10.00. The van der Waals surface area contributed by atoms with Gasteiger partial charge in [0.2, 0.25) is 0 Å². The van der Waals surface area contributed by atoms with Crippen molar-refractivity contribution >= 4 is 34.0 Å². The smallest absolute Gasteiger partial charge is 0.257 e. The van der Waals surface area contributed by atoms with Crippen LogP contribution in [-0.2, 0) is 0 Å². The standard InChI is InChI=1S/C23H17ClN2OS/c1-15-7-9-17(10-8-15)21-20(16-5-3-2-4-6-16)25-23(28-21)26-22(27)18-11-13-19(24)14-12-18/h2-14H,1H3,(H,25,26,27). The highest BCUT2D eigenvalue weighted by Crippen LogP contribution is 2.39. The lowest BCUT2D eigenvalue weighted by Crippen LogP contribution is -2.11. The normalized spacial score (nSPS) is 10.6. The van der Waals surface area contributed by atoms with Gasteiger partial charge in [0.1, 0.15) is 0 Å². The van der Waals surface area contributed by atoms with Crippen LogP contribution < -0.4 is 5.32 Å². The van der Waals surface area contributed by atoms with Crippen molar-refractivity contribution in [3.63, 3.8) is 0 Å². The van der Waals surface area contributed by atoms with Crippen molar-refractivity contribution in [1.82, 2.24) is 4.98 Å². The fourth-order valence-corrected chi connectivity index (χ4v) is 3.95. The van der Waals surface area contributed by atoms with E-state index in [9.17, 15) is 4.79 Å². The Morgan fingerprint density at radius 3 is 2.25 bits per heavy atom.